The van der Waals surface area contributed by atoms with Crippen molar-refractivity contribution in [1.29, 1.82) is 0 Å². The first kappa shape index (κ1) is 14.1. The monoisotopic (exact) mass is 335 g/mol. The summed E-state index contributed by atoms with van der Waals surface area (Å²) in [6.45, 7) is 0.776. The van der Waals surface area contributed by atoms with Gasteiger partial charge in [-0.2, -0.15) is 0 Å². The van der Waals surface area contributed by atoms with Gasteiger partial charge in [-0.15, -0.1) is 0 Å². The minimum atomic E-state index is -2.93. The van der Waals surface area contributed by atoms with Crippen molar-refractivity contribution < 1.29 is 17.9 Å². The summed E-state index contributed by atoms with van der Waals surface area (Å²) in [6, 6.07) is 0. The van der Waals surface area contributed by atoms with E-state index in [4.69, 9.17) is 0 Å². The van der Waals surface area contributed by atoms with Gasteiger partial charge in [0.25, 0.3) is 0 Å². The quantitative estimate of drug-likeness (QED) is 0.309. The van der Waals surface area contributed by atoms with E-state index >= 15 is 0 Å². The summed E-state index contributed by atoms with van der Waals surface area (Å²) in [4.78, 5) is 10.9. The number of alkyl halides is 1. The third kappa shape index (κ3) is 7.51. The maximum Gasteiger partial charge on any atom is 0.319 e. The minimum Gasteiger partial charge on any atom is -0.468 e. The average molecular weight is 335 g/mol. The molecule has 0 amide bonds. The van der Waals surface area contributed by atoms with Gasteiger partial charge in [0.15, 0.2) is 0 Å². The highest BCUT2D eigenvalue weighted by Gasteiger charge is 2.14. The van der Waals surface area contributed by atoms with Crippen LogP contribution in [0.1, 0.15) is 0 Å². The molecule has 0 aliphatic heterocycles. The minimum absolute atomic E-state index is 0.0809. The zero-order valence-corrected chi connectivity index (χ0v) is 11.1. The van der Waals surface area contributed by atoms with Crippen LogP contribution in [-0.4, -0.2) is 50.5 Å². The van der Waals surface area contributed by atoms with E-state index in [-0.39, 0.29) is 15.6 Å². The van der Waals surface area contributed by atoms with Crippen molar-refractivity contribution in [2.24, 2.45) is 0 Å². The highest BCUT2D eigenvalue weighted by Crippen LogP contribution is 2.00. The number of ether oxygens (including phenoxy) is 1. The van der Waals surface area contributed by atoms with E-state index in [0.717, 1.165) is 0 Å². The average Bonchev–Trinajstić information content (AvgIpc) is 2.09. The second-order valence-electron chi connectivity index (χ2n) is 2.82. The number of carbonyl (C=O) groups excluding carboxylic acids is 1. The van der Waals surface area contributed by atoms with Crippen molar-refractivity contribution in [2.75, 3.05) is 32.2 Å². The van der Waals surface area contributed by atoms with Crippen LogP contribution in [0.4, 0.5) is 0 Å². The molecule has 0 aromatic carbocycles. The molecule has 0 fully saturated rings. The predicted octanol–water partition coefficient (Wildman–Crippen LogP) is -0.403. The van der Waals surface area contributed by atoms with Gasteiger partial charge in [0.2, 0.25) is 0 Å². The molecule has 0 aliphatic rings. The largest absolute Gasteiger partial charge is 0.468 e. The number of nitrogens with one attached hydrogen (secondary N) is 1. The first-order valence-electron chi connectivity index (χ1n) is 3.97. The van der Waals surface area contributed by atoms with Crippen LogP contribution in [0.25, 0.3) is 0 Å². The fourth-order valence-corrected chi connectivity index (χ4v) is 1.78. The van der Waals surface area contributed by atoms with E-state index in [0.29, 0.717) is 13.1 Å². The van der Waals surface area contributed by atoms with Gasteiger partial charge in [-0.05, 0) is 0 Å². The van der Waals surface area contributed by atoms with Gasteiger partial charge < -0.3 is 10.1 Å². The highest BCUT2D eigenvalue weighted by molar-refractivity contribution is 14.1. The van der Waals surface area contributed by atoms with Crippen LogP contribution >= 0.6 is 22.6 Å². The van der Waals surface area contributed by atoms with Crippen LogP contribution in [0.5, 0.6) is 0 Å². The molecule has 1 atom stereocenters. The molecule has 1 N–H and O–H groups in total. The molecule has 5 nitrogen and oxygen atoms in total. The van der Waals surface area contributed by atoms with E-state index in [2.05, 4.69) is 10.1 Å². The molecule has 14 heavy (non-hydrogen) atoms. The Kier molecular flexibility index (Phi) is 6.62. The molecular weight excluding hydrogens is 321 g/mol. The van der Waals surface area contributed by atoms with Gasteiger partial charge >= 0.3 is 5.97 Å². The van der Waals surface area contributed by atoms with E-state index < -0.39 is 9.84 Å². The maximum absolute atomic E-state index is 10.9. The smallest absolute Gasteiger partial charge is 0.319 e. The first-order valence-corrected chi connectivity index (χ1v) is 7.28. The van der Waals surface area contributed by atoms with Crippen molar-refractivity contribution in [3.8, 4) is 0 Å². The van der Waals surface area contributed by atoms with Gasteiger partial charge in [-0.1, -0.05) is 22.6 Å². The summed E-state index contributed by atoms with van der Waals surface area (Å²) in [5.74, 6) is -0.227. The second-order valence-corrected chi connectivity index (χ2v) is 6.59. The number of sulfone groups is 1. The molecule has 0 aromatic rings. The molecule has 1 unspecified atom stereocenters. The Morgan fingerprint density at radius 2 is 2.14 bits per heavy atom. The molecule has 0 saturated heterocycles. The van der Waals surface area contributed by atoms with E-state index in [1.54, 1.807) is 0 Å². The number of halogens is 1. The topological polar surface area (TPSA) is 72.5 Å². The van der Waals surface area contributed by atoms with E-state index in [9.17, 15) is 13.2 Å². The predicted molar refractivity (Wildman–Crippen MR) is 62.4 cm³/mol. The highest BCUT2D eigenvalue weighted by atomic mass is 127. The molecule has 0 aromatic heterocycles. The first-order chi connectivity index (χ1) is 6.37. The third-order valence-electron chi connectivity index (χ3n) is 1.43. The van der Waals surface area contributed by atoms with Crippen molar-refractivity contribution in [3.63, 3.8) is 0 Å². The molecule has 84 valence electrons. The lowest BCUT2D eigenvalue weighted by Crippen LogP contribution is -2.32. The zero-order valence-electron chi connectivity index (χ0n) is 8.12. The van der Waals surface area contributed by atoms with Crippen molar-refractivity contribution in [3.05, 3.63) is 0 Å². The number of hydrogen-bond acceptors (Lipinski definition) is 5. The second kappa shape index (κ2) is 6.57. The molecular formula is C7H14INO4S. The van der Waals surface area contributed by atoms with Crippen LogP contribution in [0.3, 0.4) is 0 Å². The number of methoxy groups -OCH3 is 1. The molecule has 0 radical (unpaired) electrons. The summed E-state index contributed by atoms with van der Waals surface area (Å²) in [5.41, 5.74) is 0. The molecule has 0 aliphatic carbocycles. The third-order valence-corrected chi connectivity index (χ3v) is 3.32. The summed E-state index contributed by atoms with van der Waals surface area (Å²) >= 11 is 1.94. The van der Waals surface area contributed by atoms with Crippen LogP contribution in [-0.2, 0) is 19.4 Å². The summed E-state index contributed by atoms with van der Waals surface area (Å²) in [5, 5.41) is 2.87. The fraction of sp³-hybridized carbons (Fsp3) is 0.857. The number of rotatable bonds is 6. The van der Waals surface area contributed by atoms with Gasteiger partial charge in [-0.3, -0.25) is 4.79 Å². The lowest BCUT2D eigenvalue weighted by molar-refractivity contribution is -0.139. The molecule has 0 bridgehead atoms. The Bertz CT molecular complexity index is 277. The fourth-order valence-electron chi connectivity index (χ4n) is 0.698. The van der Waals surface area contributed by atoms with Crippen LogP contribution < -0.4 is 5.32 Å². The summed E-state index contributed by atoms with van der Waals surface area (Å²) in [6.07, 6.45) is 1.18. The molecule has 0 saturated carbocycles. The van der Waals surface area contributed by atoms with Gasteiger partial charge in [-0.25, -0.2) is 8.42 Å². The number of esters is 1. The standard InChI is InChI=1S/C7H14INO4S/c1-13-7(10)6(8)5-9-3-4-14(2,11)12/h6,9H,3-5H2,1-2H3. The normalized spacial score (nSPS) is 13.6. The Hall–Kier alpha value is 0.110. The molecule has 0 rings (SSSR count). The van der Waals surface area contributed by atoms with Crippen LogP contribution in [0.2, 0.25) is 0 Å². The van der Waals surface area contributed by atoms with Crippen LogP contribution in [0, 0.1) is 0 Å². The van der Waals surface area contributed by atoms with Crippen LogP contribution in [0.15, 0.2) is 0 Å². The Morgan fingerprint density at radius 1 is 1.57 bits per heavy atom. The van der Waals surface area contributed by atoms with Crippen molar-refractivity contribution in [1.82, 2.24) is 5.32 Å². The summed E-state index contributed by atoms with van der Waals surface area (Å²) < 4.78 is 25.7. The Morgan fingerprint density at radius 3 is 2.57 bits per heavy atom. The van der Waals surface area contributed by atoms with Crippen molar-refractivity contribution in [2.45, 2.75) is 3.92 Å². The van der Waals surface area contributed by atoms with Gasteiger partial charge in [0.1, 0.15) is 13.8 Å². The van der Waals surface area contributed by atoms with E-state index in [1.807, 2.05) is 22.6 Å². The lowest BCUT2D eigenvalue weighted by Gasteiger charge is -2.08. The molecule has 0 heterocycles. The maximum atomic E-state index is 10.9. The molecule has 0 spiro atoms. The zero-order chi connectivity index (χ0) is 11.2. The Balaban J connectivity index is 3.60. The van der Waals surface area contributed by atoms with Gasteiger partial charge in [0, 0.05) is 19.3 Å². The molecule has 7 heteroatoms. The SMILES string of the molecule is COC(=O)C(I)CNCCS(C)(=O)=O. The van der Waals surface area contributed by atoms with Crippen molar-refractivity contribution >= 4 is 38.4 Å². The van der Waals surface area contributed by atoms with Gasteiger partial charge in [0.05, 0.1) is 12.9 Å². The lowest BCUT2D eigenvalue weighted by atomic mass is 10.4. The Labute approximate surface area is 97.6 Å². The van der Waals surface area contributed by atoms with E-state index in [1.165, 1.54) is 13.4 Å². The number of carbonyl (C=O) groups is 1. The number of hydrogen-bond donors (Lipinski definition) is 1. The summed E-state index contributed by atoms with van der Waals surface area (Å²) in [7, 11) is -1.61.